The normalized spacial score (nSPS) is 17.8. The smallest absolute Gasteiger partial charge is 0.255 e. The molecule has 2 N–H and O–H groups in total. The molecule has 1 heterocycles. The number of hydrogen-bond acceptors (Lipinski definition) is 3. The second-order valence-corrected chi connectivity index (χ2v) is 4.78. The number of rotatable bonds is 2. The molecule has 1 aliphatic carbocycles. The maximum Gasteiger partial charge on any atom is 0.255 e. The van der Waals surface area contributed by atoms with Gasteiger partial charge < -0.3 is 14.8 Å². The number of furan rings is 1. The first-order valence-electron chi connectivity index (χ1n) is 6.39. The second kappa shape index (κ2) is 4.80. The fourth-order valence-corrected chi connectivity index (χ4v) is 2.61. The molecule has 1 amide bonds. The van der Waals surface area contributed by atoms with E-state index in [1.54, 1.807) is 12.1 Å². The van der Waals surface area contributed by atoms with Gasteiger partial charge in [0.15, 0.2) is 0 Å². The summed E-state index contributed by atoms with van der Waals surface area (Å²) >= 11 is 0. The molecule has 0 radical (unpaired) electrons. The van der Waals surface area contributed by atoms with Gasteiger partial charge in [-0.3, -0.25) is 4.79 Å². The Morgan fingerprint density at radius 1 is 1.37 bits per heavy atom. The van der Waals surface area contributed by atoms with Gasteiger partial charge in [0.25, 0.3) is 5.91 Å². The molecule has 0 unspecified atom stereocenters. The molecule has 1 atom stereocenters. The molecule has 98 valence electrons. The van der Waals surface area contributed by atoms with E-state index in [0.29, 0.717) is 11.3 Å². The van der Waals surface area contributed by atoms with Crippen molar-refractivity contribution in [3.05, 3.63) is 53.5 Å². The average Bonchev–Trinajstić information content (AvgIpc) is 2.94. The first-order valence-corrected chi connectivity index (χ1v) is 6.39. The Morgan fingerprint density at radius 2 is 2.26 bits per heavy atom. The first-order chi connectivity index (χ1) is 9.25. The molecule has 3 rings (SSSR count). The van der Waals surface area contributed by atoms with Crippen LogP contribution < -0.4 is 5.32 Å². The van der Waals surface area contributed by atoms with E-state index in [1.165, 1.54) is 12.5 Å². The van der Waals surface area contributed by atoms with Gasteiger partial charge in [-0.15, -0.1) is 0 Å². The third-order valence-electron chi connectivity index (χ3n) is 3.57. The monoisotopic (exact) mass is 257 g/mol. The number of fused-ring (bicyclic) bond motifs is 1. The van der Waals surface area contributed by atoms with Gasteiger partial charge in [0, 0.05) is 0 Å². The number of benzene rings is 1. The van der Waals surface area contributed by atoms with Crippen LogP contribution in [-0.2, 0) is 6.42 Å². The molecule has 0 aliphatic heterocycles. The summed E-state index contributed by atoms with van der Waals surface area (Å²) in [5.41, 5.74) is 2.49. The summed E-state index contributed by atoms with van der Waals surface area (Å²) in [5, 5.41) is 12.9. The summed E-state index contributed by atoms with van der Waals surface area (Å²) in [7, 11) is 0. The number of nitrogens with one attached hydrogen (secondary N) is 1. The number of phenols is 1. The minimum atomic E-state index is -0.144. The Bertz CT molecular complexity index is 589. The second-order valence-electron chi connectivity index (χ2n) is 4.78. The minimum absolute atomic E-state index is 0.0433. The summed E-state index contributed by atoms with van der Waals surface area (Å²) in [6.45, 7) is 0. The summed E-state index contributed by atoms with van der Waals surface area (Å²) in [6.07, 6.45) is 5.62. The molecule has 0 saturated heterocycles. The number of phenolic OH excluding ortho intramolecular Hbond substituents is 1. The Kier molecular flexibility index (Phi) is 2.99. The number of carbonyl (C=O) groups is 1. The molecule has 1 aromatic heterocycles. The van der Waals surface area contributed by atoms with E-state index in [2.05, 4.69) is 5.32 Å². The molecule has 19 heavy (non-hydrogen) atoms. The van der Waals surface area contributed by atoms with Crippen molar-refractivity contribution in [1.29, 1.82) is 0 Å². The Hall–Kier alpha value is -2.23. The zero-order valence-corrected chi connectivity index (χ0v) is 10.4. The van der Waals surface area contributed by atoms with Crippen molar-refractivity contribution in [3.63, 3.8) is 0 Å². The zero-order valence-electron chi connectivity index (χ0n) is 10.4. The van der Waals surface area contributed by atoms with E-state index in [9.17, 15) is 9.90 Å². The van der Waals surface area contributed by atoms with Crippen molar-refractivity contribution in [2.24, 2.45) is 0 Å². The lowest BCUT2D eigenvalue weighted by Gasteiger charge is -2.26. The maximum absolute atomic E-state index is 12.0. The predicted molar refractivity (Wildman–Crippen MR) is 70.0 cm³/mol. The largest absolute Gasteiger partial charge is 0.508 e. The minimum Gasteiger partial charge on any atom is -0.508 e. The van der Waals surface area contributed by atoms with Gasteiger partial charge in [-0.05, 0) is 42.5 Å². The van der Waals surface area contributed by atoms with Gasteiger partial charge in [-0.1, -0.05) is 12.1 Å². The Labute approximate surface area is 111 Å². The summed E-state index contributed by atoms with van der Waals surface area (Å²) in [6, 6.07) is 7.07. The van der Waals surface area contributed by atoms with Crippen LogP contribution in [-0.4, -0.2) is 11.0 Å². The van der Waals surface area contributed by atoms with Gasteiger partial charge in [0.2, 0.25) is 0 Å². The van der Waals surface area contributed by atoms with Crippen molar-refractivity contribution in [2.45, 2.75) is 25.3 Å². The van der Waals surface area contributed by atoms with E-state index in [4.69, 9.17) is 4.42 Å². The van der Waals surface area contributed by atoms with Crippen LogP contribution in [0.2, 0.25) is 0 Å². The molecule has 1 aliphatic rings. The molecule has 0 saturated carbocycles. The number of aromatic hydroxyl groups is 1. The van der Waals surface area contributed by atoms with Crippen LogP contribution in [0.25, 0.3) is 0 Å². The van der Waals surface area contributed by atoms with Crippen molar-refractivity contribution < 1.29 is 14.3 Å². The Balaban J connectivity index is 1.84. The van der Waals surface area contributed by atoms with Crippen LogP contribution in [0, 0.1) is 0 Å². The molecular weight excluding hydrogens is 242 g/mol. The van der Waals surface area contributed by atoms with Crippen molar-refractivity contribution in [2.75, 3.05) is 0 Å². The van der Waals surface area contributed by atoms with E-state index < -0.39 is 0 Å². The number of hydrogen-bond donors (Lipinski definition) is 2. The van der Waals surface area contributed by atoms with E-state index in [0.717, 1.165) is 30.4 Å². The molecular formula is C15H15NO3. The predicted octanol–water partition coefficient (Wildman–Crippen LogP) is 2.79. The first kappa shape index (κ1) is 11.8. The fourth-order valence-electron chi connectivity index (χ4n) is 2.61. The standard InChI is InChI=1S/C15H15NO3/c17-14-6-2-3-11-12(14)4-1-5-13(11)16-15(18)10-7-8-19-9-10/h2-3,6-9,13,17H,1,4-5H2,(H,16,18)/t13-/m0/s1. The van der Waals surface area contributed by atoms with Crippen LogP contribution in [0.1, 0.15) is 40.4 Å². The SMILES string of the molecule is O=C(N[C@H]1CCCc2c(O)cccc21)c1ccoc1. The molecule has 2 aromatic rings. The topological polar surface area (TPSA) is 62.5 Å². The average molecular weight is 257 g/mol. The summed E-state index contributed by atoms with van der Waals surface area (Å²) in [4.78, 5) is 12.0. The quantitative estimate of drug-likeness (QED) is 0.869. The molecule has 4 nitrogen and oxygen atoms in total. The van der Waals surface area contributed by atoms with Gasteiger partial charge in [-0.25, -0.2) is 0 Å². The van der Waals surface area contributed by atoms with Gasteiger partial charge in [-0.2, -0.15) is 0 Å². The molecule has 0 bridgehead atoms. The Morgan fingerprint density at radius 3 is 3.05 bits per heavy atom. The summed E-state index contributed by atoms with van der Waals surface area (Å²) in [5.74, 6) is 0.176. The highest BCUT2D eigenvalue weighted by molar-refractivity contribution is 5.94. The van der Waals surface area contributed by atoms with Gasteiger partial charge >= 0.3 is 0 Å². The highest BCUT2D eigenvalue weighted by atomic mass is 16.3. The lowest BCUT2D eigenvalue weighted by Crippen LogP contribution is -2.30. The zero-order chi connectivity index (χ0) is 13.2. The lowest BCUT2D eigenvalue weighted by atomic mass is 9.87. The molecule has 0 fully saturated rings. The maximum atomic E-state index is 12.0. The van der Waals surface area contributed by atoms with E-state index >= 15 is 0 Å². The molecule has 4 heteroatoms. The van der Waals surface area contributed by atoms with Crippen molar-refractivity contribution in [3.8, 4) is 5.75 Å². The van der Waals surface area contributed by atoms with Gasteiger partial charge in [0.05, 0.1) is 17.9 Å². The van der Waals surface area contributed by atoms with Crippen molar-refractivity contribution in [1.82, 2.24) is 5.32 Å². The fraction of sp³-hybridized carbons (Fsp3) is 0.267. The molecule has 1 aromatic carbocycles. The number of amides is 1. The van der Waals surface area contributed by atoms with Crippen LogP contribution in [0.3, 0.4) is 0 Å². The highest BCUT2D eigenvalue weighted by Gasteiger charge is 2.24. The van der Waals surface area contributed by atoms with Crippen LogP contribution >= 0.6 is 0 Å². The lowest BCUT2D eigenvalue weighted by molar-refractivity contribution is 0.0932. The molecule has 0 spiro atoms. The van der Waals surface area contributed by atoms with Crippen LogP contribution in [0.15, 0.2) is 41.2 Å². The van der Waals surface area contributed by atoms with Crippen LogP contribution in [0.4, 0.5) is 0 Å². The van der Waals surface area contributed by atoms with Crippen molar-refractivity contribution >= 4 is 5.91 Å². The third-order valence-corrected chi connectivity index (χ3v) is 3.57. The van der Waals surface area contributed by atoms with Crippen LogP contribution in [0.5, 0.6) is 5.75 Å². The highest BCUT2D eigenvalue weighted by Crippen LogP contribution is 2.34. The number of carbonyl (C=O) groups excluding carboxylic acids is 1. The van der Waals surface area contributed by atoms with E-state index in [1.807, 2.05) is 12.1 Å². The third kappa shape index (κ3) is 2.21. The summed E-state index contributed by atoms with van der Waals surface area (Å²) < 4.78 is 4.91. The van der Waals surface area contributed by atoms with E-state index in [-0.39, 0.29) is 11.9 Å². The van der Waals surface area contributed by atoms with Gasteiger partial charge in [0.1, 0.15) is 12.0 Å².